The molecule has 0 unspecified atom stereocenters. The second kappa shape index (κ2) is 9.30. The zero-order chi connectivity index (χ0) is 18.2. The molecule has 6 nitrogen and oxygen atoms in total. The molecule has 2 N–H and O–H groups in total. The Morgan fingerprint density at radius 2 is 1.88 bits per heavy atom. The first-order valence-electron chi connectivity index (χ1n) is 8.92. The fourth-order valence-corrected chi connectivity index (χ4v) is 2.81. The van der Waals surface area contributed by atoms with Gasteiger partial charge in [0.1, 0.15) is 0 Å². The van der Waals surface area contributed by atoms with E-state index in [2.05, 4.69) is 24.7 Å². The molecular formula is C19H28N2O4. The number of hydrogen-bond acceptors (Lipinski definition) is 4. The zero-order valence-electron chi connectivity index (χ0n) is 15.3. The minimum absolute atomic E-state index is 0.00608. The first-order valence-corrected chi connectivity index (χ1v) is 8.92. The highest BCUT2D eigenvalue weighted by atomic mass is 16.5. The maximum Gasteiger partial charge on any atom is 0.269 e. The van der Waals surface area contributed by atoms with Crippen LogP contribution in [0, 0.1) is 11.8 Å². The summed E-state index contributed by atoms with van der Waals surface area (Å²) in [4.78, 5) is 24.2. The van der Waals surface area contributed by atoms with Crippen LogP contribution in [0.2, 0.25) is 0 Å². The van der Waals surface area contributed by atoms with Gasteiger partial charge in [0.05, 0.1) is 13.7 Å². The lowest BCUT2D eigenvalue weighted by atomic mass is 10.1. The molecule has 0 bridgehead atoms. The number of carbonyl (C=O) groups excluding carboxylic acids is 2. The molecule has 0 radical (unpaired) electrons. The Hall–Kier alpha value is -2.24. The normalized spacial score (nSPS) is 14.4. The predicted molar refractivity (Wildman–Crippen MR) is 95.5 cm³/mol. The SMILES string of the molecule is COc1cc(C(=O)NNC(=O)C2CCCC2)ccc1OCCC(C)C. The summed E-state index contributed by atoms with van der Waals surface area (Å²) in [6.07, 6.45) is 4.86. The molecular weight excluding hydrogens is 320 g/mol. The first kappa shape index (κ1) is 19.1. The van der Waals surface area contributed by atoms with Crippen molar-refractivity contribution in [3.8, 4) is 11.5 Å². The molecule has 0 heterocycles. The largest absolute Gasteiger partial charge is 0.493 e. The summed E-state index contributed by atoms with van der Waals surface area (Å²) in [5.41, 5.74) is 5.38. The predicted octanol–water partition coefficient (Wildman–Crippen LogP) is 3.07. The highest BCUT2D eigenvalue weighted by Crippen LogP contribution is 2.28. The number of benzene rings is 1. The molecule has 138 valence electrons. The van der Waals surface area contributed by atoms with E-state index in [0.29, 0.717) is 29.6 Å². The highest BCUT2D eigenvalue weighted by Gasteiger charge is 2.23. The lowest BCUT2D eigenvalue weighted by molar-refractivity contribution is -0.125. The molecule has 0 aliphatic heterocycles. The standard InChI is InChI=1S/C19H28N2O4/c1-13(2)10-11-25-16-9-8-15(12-17(16)24-3)19(23)21-20-18(22)14-6-4-5-7-14/h8-9,12-14H,4-7,10-11H2,1-3H3,(H,20,22)(H,21,23). The summed E-state index contributed by atoms with van der Waals surface area (Å²) >= 11 is 0. The number of hydrazine groups is 1. The van der Waals surface area contributed by atoms with Crippen molar-refractivity contribution in [3.05, 3.63) is 23.8 Å². The summed E-state index contributed by atoms with van der Waals surface area (Å²) in [7, 11) is 1.54. The van der Waals surface area contributed by atoms with Crippen molar-refractivity contribution in [2.24, 2.45) is 11.8 Å². The zero-order valence-corrected chi connectivity index (χ0v) is 15.3. The third-order valence-corrected chi connectivity index (χ3v) is 4.40. The highest BCUT2D eigenvalue weighted by molar-refractivity contribution is 5.96. The van der Waals surface area contributed by atoms with E-state index in [1.165, 1.54) is 7.11 Å². The van der Waals surface area contributed by atoms with E-state index in [9.17, 15) is 9.59 Å². The summed E-state index contributed by atoms with van der Waals surface area (Å²) in [5.74, 6) is 1.17. The fourth-order valence-electron chi connectivity index (χ4n) is 2.81. The average Bonchev–Trinajstić information content (AvgIpc) is 3.14. The van der Waals surface area contributed by atoms with E-state index in [1.54, 1.807) is 18.2 Å². The van der Waals surface area contributed by atoms with Crippen LogP contribution in [0.3, 0.4) is 0 Å². The quantitative estimate of drug-likeness (QED) is 0.743. The van der Waals surface area contributed by atoms with Gasteiger partial charge in [-0.05, 0) is 43.4 Å². The van der Waals surface area contributed by atoms with Gasteiger partial charge in [-0.1, -0.05) is 26.7 Å². The Kier molecular flexibility index (Phi) is 7.10. The van der Waals surface area contributed by atoms with Crippen molar-refractivity contribution >= 4 is 11.8 Å². The molecule has 25 heavy (non-hydrogen) atoms. The van der Waals surface area contributed by atoms with Gasteiger partial charge in [-0.25, -0.2) is 0 Å². The Bertz CT molecular complexity index is 595. The van der Waals surface area contributed by atoms with E-state index in [4.69, 9.17) is 9.47 Å². The number of rotatable bonds is 7. The number of ether oxygens (including phenoxy) is 2. The molecule has 1 aromatic rings. The Balaban J connectivity index is 1.91. The molecule has 1 saturated carbocycles. The summed E-state index contributed by atoms with van der Waals surface area (Å²) < 4.78 is 11.0. The lowest BCUT2D eigenvalue weighted by Crippen LogP contribution is -2.44. The molecule has 0 aromatic heterocycles. The van der Waals surface area contributed by atoms with Gasteiger partial charge in [0.2, 0.25) is 5.91 Å². The van der Waals surface area contributed by atoms with Gasteiger partial charge in [0, 0.05) is 11.5 Å². The second-order valence-corrected chi connectivity index (χ2v) is 6.82. The van der Waals surface area contributed by atoms with Crippen LogP contribution in [-0.2, 0) is 4.79 Å². The molecule has 1 aliphatic rings. The van der Waals surface area contributed by atoms with Crippen molar-refractivity contribution in [1.29, 1.82) is 0 Å². The summed E-state index contributed by atoms with van der Waals surface area (Å²) in [5, 5.41) is 0. The number of nitrogens with one attached hydrogen (secondary N) is 2. The van der Waals surface area contributed by atoms with E-state index in [0.717, 1.165) is 32.1 Å². The molecule has 2 amide bonds. The second-order valence-electron chi connectivity index (χ2n) is 6.82. The smallest absolute Gasteiger partial charge is 0.269 e. The van der Waals surface area contributed by atoms with Gasteiger partial charge in [-0.3, -0.25) is 20.4 Å². The molecule has 0 atom stereocenters. The van der Waals surface area contributed by atoms with Crippen LogP contribution in [-0.4, -0.2) is 25.5 Å². The van der Waals surface area contributed by atoms with Crippen LogP contribution in [0.25, 0.3) is 0 Å². The van der Waals surface area contributed by atoms with Crippen LogP contribution in [0.5, 0.6) is 11.5 Å². The topological polar surface area (TPSA) is 76.7 Å². The van der Waals surface area contributed by atoms with Gasteiger partial charge < -0.3 is 9.47 Å². The summed E-state index contributed by atoms with van der Waals surface area (Å²) in [6.45, 7) is 4.86. The minimum Gasteiger partial charge on any atom is -0.493 e. The molecule has 6 heteroatoms. The molecule has 1 aliphatic carbocycles. The number of methoxy groups -OCH3 is 1. The van der Waals surface area contributed by atoms with Crippen LogP contribution in [0.4, 0.5) is 0 Å². The number of hydrogen-bond donors (Lipinski definition) is 2. The van der Waals surface area contributed by atoms with Gasteiger partial charge in [-0.15, -0.1) is 0 Å². The maximum atomic E-state index is 12.2. The Morgan fingerprint density at radius 3 is 2.52 bits per heavy atom. The van der Waals surface area contributed by atoms with Gasteiger partial charge >= 0.3 is 0 Å². The van der Waals surface area contributed by atoms with Crippen LogP contribution in [0.1, 0.15) is 56.3 Å². The molecule has 1 fully saturated rings. The van der Waals surface area contributed by atoms with Crippen molar-refractivity contribution in [3.63, 3.8) is 0 Å². The summed E-state index contributed by atoms with van der Waals surface area (Å²) in [6, 6.07) is 4.99. The van der Waals surface area contributed by atoms with Crippen molar-refractivity contribution in [2.75, 3.05) is 13.7 Å². The van der Waals surface area contributed by atoms with Crippen LogP contribution >= 0.6 is 0 Å². The van der Waals surface area contributed by atoms with Gasteiger partial charge in [-0.2, -0.15) is 0 Å². The van der Waals surface area contributed by atoms with Crippen molar-refractivity contribution in [1.82, 2.24) is 10.9 Å². The first-order chi connectivity index (χ1) is 12.0. The minimum atomic E-state index is -0.377. The lowest BCUT2D eigenvalue weighted by Gasteiger charge is -2.14. The van der Waals surface area contributed by atoms with Crippen molar-refractivity contribution in [2.45, 2.75) is 46.0 Å². The Labute approximate surface area is 149 Å². The molecule has 0 spiro atoms. The monoisotopic (exact) mass is 348 g/mol. The van der Waals surface area contributed by atoms with E-state index in [1.807, 2.05) is 0 Å². The number of amides is 2. The third-order valence-electron chi connectivity index (χ3n) is 4.40. The molecule has 1 aromatic carbocycles. The van der Waals surface area contributed by atoms with Crippen LogP contribution < -0.4 is 20.3 Å². The van der Waals surface area contributed by atoms with Gasteiger partial charge in [0.15, 0.2) is 11.5 Å². The van der Waals surface area contributed by atoms with Gasteiger partial charge in [0.25, 0.3) is 5.91 Å². The number of carbonyl (C=O) groups is 2. The van der Waals surface area contributed by atoms with E-state index < -0.39 is 0 Å². The maximum absolute atomic E-state index is 12.2. The van der Waals surface area contributed by atoms with E-state index >= 15 is 0 Å². The average molecular weight is 348 g/mol. The Morgan fingerprint density at radius 1 is 1.16 bits per heavy atom. The molecule has 0 saturated heterocycles. The molecule has 2 rings (SSSR count). The van der Waals surface area contributed by atoms with Crippen LogP contribution in [0.15, 0.2) is 18.2 Å². The van der Waals surface area contributed by atoms with Crippen molar-refractivity contribution < 1.29 is 19.1 Å². The third kappa shape index (κ3) is 5.66. The van der Waals surface area contributed by atoms with E-state index in [-0.39, 0.29) is 17.7 Å². The fraction of sp³-hybridized carbons (Fsp3) is 0.579.